The van der Waals surface area contributed by atoms with Gasteiger partial charge in [-0.3, -0.25) is 0 Å². The van der Waals surface area contributed by atoms with Crippen LogP contribution in [0.2, 0.25) is 0 Å². The van der Waals surface area contributed by atoms with Crippen molar-refractivity contribution in [1.82, 2.24) is 9.78 Å². The average Bonchev–Trinajstić information content (AvgIpc) is 3.23. The molecule has 1 saturated carbocycles. The van der Waals surface area contributed by atoms with Gasteiger partial charge in [-0.1, -0.05) is 12.1 Å². The van der Waals surface area contributed by atoms with Gasteiger partial charge in [0.15, 0.2) is 0 Å². The lowest BCUT2D eigenvalue weighted by Gasteiger charge is -2.08. The van der Waals surface area contributed by atoms with Crippen LogP contribution in [0.25, 0.3) is 5.69 Å². The Balaban J connectivity index is 1.77. The van der Waals surface area contributed by atoms with Crippen LogP contribution in [0.3, 0.4) is 0 Å². The molecule has 0 atom stereocenters. The number of aromatic nitrogens is 2. The van der Waals surface area contributed by atoms with E-state index in [0.717, 1.165) is 36.0 Å². The average molecular weight is 334 g/mol. The molecule has 2 aromatic rings. The molecule has 20 heavy (non-hydrogen) atoms. The number of nitrogens with zero attached hydrogens (tertiary/aromatic N) is 2. The maximum Gasteiger partial charge on any atom is 0.0649 e. The van der Waals surface area contributed by atoms with Gasteiger partial charge in [-0.15, -0.1) is 0 Å². The van der Waals surface area contributed by atoms with Crippen molar-refractivity contribution in [2.75, 3.05) is 6.54 Å². The maximum atomic E-state index is 5.53. The highest BCUT2D eigenvalue weighted by Crippen LogP contribution is 2.43. The van der Waals surface area contributed by atoms with Crippen LogP contribution in [0, 0.1) is 0 Å². The molecule has 1 fully saturated rings. The summed E-state index contributed by atoms with van der Waals surface area (Å²) < 4.78 is 3.21. The summed E-state index contributed by atoms with van der Waals surface area (Å²) >= 11 is 3.62. The van der Waals surface area contributed by atoms with Gasteiger partial charge in [0.1, 0.15) is 0 Å². The lowest BCUT2D eigenvalue weighted by molar-refractivity contribution is 0.744. The molecule has 1 aliphatic rings. The van der Waals surface area contributed by atoms with Gasteiger partial charge in [0, 0.05) is 5.92 Å². The highest BCUT2D eigenvalue weighted by molar-refractivity contribution is 9.10. The van der Waals surface area contributed by atoms with E-state index in [0.29, 0.717) is 5.92 Å². The quantitative estimate of drug-likeness (QED) is 0.817. The molecule has 106 valence electrons. The van der Waals surface area contributed by atoms with Crippen molar-refractivity contribution < 1.29 is 0 Å². The monoisotopic (exact) mass is 333 g/mol. The molecule has 0 radical (unpaired) electrons. The molecule has 0 unspecified atom stereocenters. The Morgan fingerprint density at radius 3 is 2.60 bits per heavy atom. The first kappa shape index (κ1) is 13.8. The Kier molecular flexibility index (Phi) is 4.22. The zero-order valence-corrected chi connectivity index (χ0v) is 13.1. The Bertz CT molecular complexity index is 570. The van der Waals surface area contributed by atoms with Gasteiger partial charge >= 0.3 is 0 Å². The third kappa shape index (κ3) is 2.96. The van der Waals surface area contributed by atoms with Crippen molar-refractivity contribution in [3.8, 4) is 5.69 Å². The molecule has 2 N–H and O–H groups in total. The smallest absolute Gasteiger partial charge is 0.0649 e. The van der Waals surface area contributed by atoms with E-state index in [4.69, 9.17) is 5.73 Å². The number of unbranched alkanes of at least 4 members (excludes halogenated alkanes) is 1. The van der Waals surface area contributed by atoms with E-state index >= 15 is 0 Å². The Labute approximate surface area is 128 Å². The molecule has 0 amide bonds. The second-order valence-corrected chi connectivity index (χ2v) is 6.33. The number of aryl methyl sites for hydroxylation is 1. The molecule has 4 heteroatoms. The van der Waals surface area contributed by atoms with Crippen LogP contribution in [-0.4, -0.2) is 16.3 Å². The van der Waals surface area contributed by atoms with Crippen molar-refractivity contribution in [3.63, 3.8) is 0 Å². The van der Waals surface area contributed by atoms with Crippen LogP contribution in [0.15, 0.2) is 34.9 Å². The molecule has 0 aliphatic heterocycles. The van der Waals surface area contributed by atoms with E-state index in [1.54, 1.807) is 0 Å². The normalized spacial score (nSPS) is 14.7. The molecular weight excluding hydrogens is 314 g/mol. The summed E-state index contributed by atoms with van der Waals surface area (Å²) in [4.78, 5) is 0. The molecule has 0 bridgehead atoms. The second-order valence-electron chi connectivity index (χ2n) is 5.48. The van der Waals surface area contributed by atoms with Crippen molar-refractivity contribution in [1.29, 1.82) is 0 Å². The van der Waals surface area contributed by atoms with E-state index in [-0.39, 0.29) is 0 Å². The van der Waals surface area contributed by atoms with Crippen LogP contribution < -0.4 is 5.73 Å². The number of nitrogens with two attached hydrogens (primary N) is 1. The van der Waals surface area contributed by atoms with Crippen molar-refractivity contribution in [2.24, 2.45) is 5.73 Å². The van der Waals surface area contributed by atoms with Gasteiger partial charge in [-0.2, -0.15) is 5.10 Å². The fourth-order valence-electron chi connectivity index (χ4n) is 2.55. The third-order valence-electron chi connectivity index (χ3n) is 3.82. The first-order valence-electron chi connectivity index (χ1n) is 7.32. The Hall–Kier alpha value is -1.13. The Morgan fingerprint density at radius 1 is 1.20 bits per heavy atom. The summed E-state index contributed by atoms with van der Waals surface area (Å²) in [6, 6.07) is 8.75. The van der Waals surface area contributed by atoms with Gasteiger partial charge in [-0.05, 0) is 72.3 Å². The van der Waals surface area contributed by atoms with Crippen molar-refractivity contribution in [2.45, 2.75) is 38.0 Å². The zero-order chi connectivity index (χ0) is 13.9. The van der Waals surface area contributed by atoms with Gasteiger partial charge < -0.3 is 5.73 Å². The van der Waals surface area contributed by atoms with Gasteiger partial charge in [-0.25, -0.2) is 4.68 Å². The van der Waals surface area contributed by atoms with Gasteiger partial charge in [0.2, 0.25) is 0 Å². The number of halogens is 1. The largest absolute Gasteiger partial charge is 0.330 e. The summed E-state index contributed by atoms with van der Waals surface area (Å²) in [5.74, 6) is 0.677. The summed E-state index contributed by atoms with van der Waals surface area (Å²) in [5.41, 5.74) is 9.38. The van der Waals surface area contributed by atoms with Gasteiger partial charge in [0.25, 0.3) is 0 Å². The van der Waals surface area contributed by atoms with Crippen LogP contribution in [0.5, 0.6) is 0 Å². The van der Waals surface area contributed by atoms with Crippen LogP contribution in [0.1, 0.15) is 42.9 Å². The topological polar surface area (TPSA) is 43.8 Å². The summed E-state index contributed by atoms with van der Waals surface area (Å²) in [6.07, 6.45) is 7.83. The highest BCUT2D eigenvalue weighted by Gasteiger charge is 2.30. The van der Waals surface area contributed by atoms with Crippen molar-refractivity contribution >= 4 is 15.9 Å². The summed E-state index contributed by atoms with van der Waals surface area (Å²) in [6.45, 7) is 0.782. The van der Waals surface area contributed by atoms with E-state index in [1.165, 1.54) is 24.1 Å². The third-order valence-corrected chi connectivity index (χ3v) is 4.43. The molecule has 0 spiro atoms. The number of hydrogen-bond acceptors (Lipinski definition) is 2. The van der Waals surface area contributed by atoms with E-state index in [9.17, 15) is 0 Å². The lowest BCUT2D eigenvalue weighted by atomic mass is 10.1. The number of rotatable bonds is 6. The fraction of sp³-hybridized carbons (Fsp3) is 0.438. The minimum Gasteiger partial charge on any atom is -0.330 e. The first-order valence-corrected chi connectivity index (χ1v) is 8.11. The van der Waals surface area contributed by atoms with Crippen molar-refractivity contribution in [3.05, 3.63) is 46.2 Å². The summed E-state index contributed by atoms with van der Waals surface area (Å²) in [7, 11) is 0. The van der Waals surface area contributed by atoms with E-state index < -0.39 is 0 Å². The van der Waals surface area contributed by atoms with Crippen LogP contribution >= 0.6 is 15.9 Å². The molecule has 1 aromatic heterocycles. The molecule has 1 aliphatic carbocycles. The minimum atomic E-state index is 0.677. The highest BCUT2D eigenvalue weighted by atomic mass is 79.9. The standard InChI is InChI=1S/C16H20BrN3/c17-15-11-19-20(16(15)13-6-7-13)14-8-4-12(5-9-14)3-1-2-10-18/h4-5,8-9,11,13H,1-3,6-7,10,18H2. The number of benzene rings is 1. The number of hydrogen-bond donors (Lipinski definition) is 1. The van der Waals surface area contributed by atoms with E-state index in [1.807, 2.05) is 6.20 Å². The molecule has 3 rings (SSSR count). The Morgan fingerprint density at radius 2 is 1.95 bits per heavy atom. The lowest BCUT2D eigenvalue weighted by Crippen LogP contribution is -2.02. The zero-order valence-electron chi connectivity index (χ0n) is 11.6. The maximum absolute atomic E-state index is 5.53. The molecule has 1 heterocycles. The predicted molar refractivity (Wildman–Crippen MR) is 85.2 cm³/mol. The fourth-order valence-corrected chi connectivity index (χ4v) is 3.13. The predicted octanol–water partition coefficient (Wildman–Crippen LogP) is 3.79. The second kappa shape index (κ2) is 6.10. The first-order chi connectivity index (χ1) is 9.79. The molecule has 1 aromatic carbocycles. The van der Waals surface area contributed by atoms with E-state index in [2.05, 4.69) is 50.0 Å². The van der Waals surface area contributed by atoms with Crippen LogP contribution in [-0.2, 0) is 6.42 Å². The van der Waals surface area contributed by atoms with Crippen LogP contribution in [0.4, 0.5) is 0 Å². The molecular formula is C16H20BrN3. The minimum absolute atomic E-state index is 0.677. The molecule has 3 nitrogen and oxygen atoms in total. The van der Waals surface area contributed by atoms with Gasteiger partial charge in [0.05, 0.1) is 22.1 Å². The summed E-state index contributed by atoms with van der Waals surface area (Å²) in [5, 5.41) is 4.51. The SMILES string of the molecule is NCCCCc1ccc(-n2ncc(Br)c2C2CC2)cc1. The molecule has 0 saturated heterocycles.